The third kappa shape index (κ3) is 3.34. The molecular weight excluding hydrogens is 360 g/mol. The van der Waals surface area contributed by atoms with E-state index in [1.54, 1.807) is 0 Å². The van der Waals surface area contributed by atoms with Crippen LogP contribution in [0.2, 0.25) is 0 Å². The number of benzene rings is 3. The maximum Gasteiger partial charge on any atom is 0.0378 e. The van der Waals surface area contributed by atoms with Crippen molar-refractivity contribution in [3.63, 3.8) is 0 Å². The van der Waals surface area contributed by atoms with Crippen LogP contribution in [0.4, 0.5) is 5.69 Å². The molecule has 0 saturated carbocycles. The third-order valence-electron chi connectivity index (χ3n) is 6.06. The van der Waals surface area contributed by atoms with Gasteiger partial charge in [-0.25, -0.2) is 0 Å². The van der Waals surface area contributed by atoms with Crippen LogP contribution >= 0.6 is 11.8 Å². The van der Waals surface area contributed by atoms with Gasteiger partial charge >= 0.3 is 0 Å². The summed E-state index contributed by atoms with van der Waals surface area (Å²) in [5, 5.41) is 0. The Morgan fingerprint density at radius 3 is 2.36 bits per heavy atom. The summed E-state index contributed by atoms with van der Waals surface area (Å²) in [6.45, 7) is 4.51. The molecule has 28 heavy (non-hydrogen) atoms. The second-order valence-electron chi connectivity index (χ2n) is 7.84. The van der Waals surface area contributed by atoms with Gasteiger partial charge in [-0.2, -0.15) is 0 Å². The van der Waals surface area contributed by atoms with Gasteiger partial charge in [0.1, 0.15) is 0 Å². The Balaban J connectivity index is 1.59. The van der Waals surface area contributed by atoms with E-state index >= 15 is 0 Å². The number of likely N-dealkylation sites (N-methyl/N-ethyl adjacent to an activating group) is 1. The first-order valence-electron chi connectivity index (χ1n) is 10.1. The van der Waals surface area contributed by atoms with Crippen LogP contribution in [0.1, 0.15) is 28.2 Å². The molecule has 0 amide bonds. The molecule has 0 radical (unpaired) electrons. The number of hydrogen-bond donors (Lipinski definition) is 0. The van der Waals surface area contributed by atoms with Gasteiger partial charge in [0.15, 0.2) is 0 Å². The fraction of sp³-hybridized carbons (Fsp3) is 0.280. The van der Waals surface area contributed by atoms with Crippen molar-refractivity contribution in [2.75, 3.05) is 38.1 Å². The Hall–Kier alpha value is -2.23. The zero-order chi connectivity index (χ0) is 18.9. The smallest absolute Gasteiger partial charge is 0.0378 e. The van der Waals surface area contributed by atoms with E-state index in [2.05, 4.69) is 89.6 Å². The third-order valence-corrected chi connectivity index (χ3v) is 7.18. The predicted molar refractivity (Wildman–Crippen MR) is 120 cm³/mol. The monoisotopic (exact) mass is 386 g/mol. The lowest BCUT2D eigenvalue weighted by Crippen LogP contribution is -2.44. The Bertz CT molecular complexity index is 961. The average Bonchev–Trinajstić information content (AvgIpc) is 2.91. The number of hydrogen-bond acceptors (Lipinski definition) is 3. The fourth-order valence-corrected chi connectivity index (χ4v) is 5.55. The highest BCUT2D eigenvalue weighted by Gasteiger charge is 2.26. The summed E-state index contributed by atoms with van der Waals surface area (Å²) in [4.78, 5) is 6.38. The van der Waals surface area contributed by atoms with Gasteiger partial charge in [-0.05, 0) is 41.4 Å². The quantitative estimate of drug-likeness (QED) is 0.596. The van der Waals surface area contributed by atoms with E-state index in [4.69, 9.17) is 0 Å². The molecule has 0 unspecified atom stereocenters. The van der Waals surface area contributed by atoms with Crippen LogP contribution in [0.5, 0.6) is 0 Å². The molecule has 2 heterocycles. The Labute approximate surface area is 172 Å². The molecule has 142 valence electrons. The molecule has 3 aromatic rings. The molecule has 1 atom stereocenters. The van der Waals surface area contributed by atoms with Gasteiger partial charge in [0.05, 0.1) is 0 Å². The van der Waals surface area contributed by atoms with E-state index < -0.39 is 0 Å². The average molecular weight is 387 g/mol. The van der Waals surface area contributed by atoms with Crippen molar-refractivity contribution in [3.8, 4) is 0 Å². The Kier molecular flexibility index (Phi) is 4.87. The summed E-state index contributed by atoms with van der Waals surface area (Å²) in [6.07, 6.45) is 0. The molecule has 2 aliphatic heterocycles. The first-order chi connectivity index (χ1) is 13.8. The SMILES string of the molecule is CN1CCN(c2ccc3c(c2)SCc2ccccc2[C@H]3c2ccccc2)CC1. The van der Waals surface area contributed by atoms with Crippen molar-refractivity contribution in [1.29, 1.82) is 0 Å². The molecule has 1 saturated heterocycles. The zero-order valence-electron chi connectivity index (χ0n) is 16.3. The highest BCUT2D eigenvalue weighted by atomic mass is 32.2. The van der Waals surface area contributed by atoms with E-state index in [-0.39, 0.29) is 0 Å². The summed E-state index contributed by atoms with van der Waals surface area (Å²) in [7, 11) is 2.21. The normalized spacial score (nSPS) is 19.6. The number of piperazine rings is 1. The van der Waals surface area contributed by atoms with Gasteiger partial charge in [-0.3, -0.25) is 0 Å². The first kappa shape index (κ1) is 17.8. The summed E-state index contributed by atoms with van der Waals surface area (Å²) in [6, 6.07) is 27.1. The molecule has 5 rings (SSSR count). The molecule has 0 N–H and O–H groups in total. The van der Waals surface area contributed by atoms with Crippen LogP contribution in [0.3, 0.4) is 0 Å². The molecule has 0 spiro atoms. The summed E-state index contributed by atoms with van der Waals surface area (Å²) < 4.78 is 0. The van der Waals surface area contributed by atoms with E-state index in [0.29, 0.717) is 5.92 Å². The molecule has 1 fully saturated rings. The van der Waals surface area contributed by atoms with Gasteiger partial charge in [0.25, 0.3) is 0 Å². The van der Waals surface area contributed by atoms with E-state index in [1.807, 2.05) is 11.8 Å². The summed E-state index contributed by atoms with van der Waals surface area (Å²) in [5.41, 5.74) is 7.10. The summed E-state index contributed by atoms with van der Waals surface area (Å²) >= 11 is 1.99. The predicted octanol–water partition coefficient (Wildman–Crippen LogP) is 5.22. The minimum Gasteiger partial charge on any atom is -0.369 e. The maximum absolute atomic E-state index is 2.54. The standard InChI is InChI=1S/C25H26N2S/c1-26-13-15-27(16-14-26)21-11-12-23-24(17-21)28-18-20-9-5-6-10-22(20)25(23)19-7-3-2-4-8-19/h2-12,17,25H,13-16,18H2,1H3/t25-/m1/s1. The maximum atomic E-state index is 2.54. The van der Waals surface area contributed by atoms with Crippen LogP contribution in [-0.4, -0.2) is 38.1 Å². The van der Waals surface area contributed by atoms with Crippen LogP contribution in [0, 0.1) is 0 Å². The van der Waals surface area contributed by atoms with Crippen molar-refractivity contribution in [2.24, 2.45) is 0 Å². The van der Waals surface area contributed by atoms with Gasteiger partial charge in [-0.1, -0.05) is 60.7 Å². The van der Waals surface area contributed by atoms with Crippen LogP contribution < -0.4 is 4.90 Å². The number of fused-ring (bicyclic) bond motifs is 2. The van der Waals surface area contributed by atoms with Crippen molar-refractivity contribution in [1.82, 2.24) is 4.90 Å². The van der Waals surface area contributed by atoms with Crippen molar-refractivity contribution < 1.29 is 0 Å². The number of thioether (sulfide) groups is 1. The van der Waals surface area contributed by atoms with Gasteiger partial charge in [0, 0.05) is 48.4 Å². The minimum absolute atomic E-state index is 0.309. The molecule has 0 aromatic heterocycles. The number of nitrogens with zero attached hydrogens (tertiary/aromatic N) is 2. The highest BCUT2D eigenvalue weighted by Crippen LogP contribution is 2.45. The topological polar surface area (TPSA) is 6.48 Å². The number of rotatable bonds is 2. The van der Waals surface area contributed by atoms with Gasteiger partial charge < -0.3 is 9.80 Å². The molecule has 3 heteroatoms. The molecule has 2 nitrogen and oxygen atoms in total. The number of anilines is 1. The van der Waals surface area contributed by atoms with E-state index in [9.17, 15) is 0 Å². The highest BCUT2D eigenvalue weighted by molar-refractivity contribution is 7.98. The molecule has 0 aliphatic carbocycles. The largest absolute Gasteiger partial charge is 0.369 e. The lowest BCUT2D eigenvalue weighted by molar-refractivity contribution is 0.313. The molecule has 3 aromatic carbocycles. The van der Waals surface area contributed by atoms with Crippen LogP contribution in [0.15, 0.2) is 77.7 Å². The molecule has 0 bridgehead atoms. The first-order valence-corrected chi connectivity index (χ1v) is 11.1. The Morgan fingerprint density at radius 1 is 0.786 bits per heavy atom. The van der Waals surface area contributed by atoms with Crippen LogP contribution in [-0.2, 0) is 5.75 Å². The van der Waals surface area contributed by atoms with Crippen molar-refractivity contribution in [3.05, 3.63) is 95.1 Å². The van der Waals surface area contributed by atoms with Crippen molar-refractivity contribution >= 4 is 17.4 Å². The van der Waals surface area contributed by atoms with Crippen molar-refractivity contribution in [2.45, 2.75) is 16.6 Å². The minimum atomic E-state index is 0.309. The van der Waals surface area contributed by atoms with E-state index in [0.717, 1.165) is 31.9 Å². The summed E-state index contributed by atoms with van der Waals surface area (Å²) in [5.74, 6) is 1.35. The second kappa shape index (κ2) is 7.65. The molecular formula is C25H26N2S. The Morgan fingerprint density at radius 2 is 1.54 bits per heavy atom. The second-order valence-corrected chi connectivity index (χ2v) is 8.86. The van der Waals surface area contributed by atoms with Crippen LogP contribution in [0.25, 0.3) is 0 Å². The molecule has 2 aliphatic rings. The zero-order valence-corrected chi connectivity index (χ0v) is 17.2. The lowest BCUT2D eigenvalue weighted by Gasteiger charge is -2.34. The van der Waals surface area contributed by atoms with E-state index in [1.165, 1.54) is 32.8 Å². The lowest BCUT2D eigenvalue weighted by atomic mass is 9.83. The fourth-order valence-electron chi connectivity index (χ4n) is 4.42. The van der Waals surface area contributed by atoms with Gasteiger partial charge in [-0.15, -0.1) is 11.8 Å². The van der Waals surface area contributed by atoms with Gasteiger partial charge in [0.2, 0.25) is 0 Å².